The highest BCUT2D eigenvalue weighted by Gasteiger charge is 2.21. The topological polar surface area (TPSA) is 62.6 Å². The predicted molar refractivity (Wildman–Crippen MR) is 123 cm³/mol. The van der Waals surface area contributed by atoms with Gasteiger partial charge in [-0.25, -0.2) is 0 Å². The van der Waals surface area contributed by atoms with Crippen molar-refractivity contribution >= 4 is 11.8 Å². The van der Waals surface area contributed by atoms with E-state index in [0.717, 1.165) is 17.7 Å². The molecule has 5 nitrogen and oxygen atoms in total. The van der Waals surface area contributed by atoms with Crippen molar-refractivity contribution in [3.63, 3.8) is 0 Å². The fraction of sp³-hybridized carbons (Fsp3) is 0.231. The van der Waals surface area contributed by atoms with E-state index in [9.17, 15) is 9.59 Å². The molecule has 0 saturated heterocycles. The molecule has 0 aliphatic heterocycles. The number of nitrogens with one attached hydrogen (secondary N) is 3. The standard InChI is InChI=1S/C26H29N3O2/c1-29(2)19-22-15-13-21(14-16-22)18-27-26(31)24(17-20-9-5-3-6-10-20)28-25(30)23-11-7-4-8-12-23/h3-16,24H,17-19H2,1-2H3,(H,27,31)(H,28,30)/p+1/t24-/m1/s1. The highest BCUT2D eigenvalue weighted by atomic mass is 16.2. The summed E-state index contributed by atoms with van der Waals surface area (Å²) in [6.07, 6.45) is 0.426. The molecule has 160 valence electrons. The van der Waals surface area contributed by atoms with Crippen LogP contribution in [0.25, 0.3) is 0 Å². The Morgan fingerprint density at radius 1 is 0.774 bits per heavy atom. The Balaban J connectivity index is 1.66. The molecule has 1 atom stereocenters. The third kappa shape index (κ3) is 7.08. The van der Waals surface area contributed by atoms with Crippen molar-refractivity contribution in [3.05, 3.63) is 107 Å². The van der Waals surface area contributed by atoms with Gasteiger partial charge in [-0.05, 0) is 23.3 Å². The van der Waals surface area contributed by atoms with Crippen LogP contribution in [-0.4, -0.2) is 32.0 Å². The monoisotopic (exact) mass is 416 g/mol. The Labute approximate surface area is 184 Å². The molecule has 0 unspecified atom stereocenters. The van der Waals surface area contributed by atoms with E-state index >= 15 is 0 Å². The fourth-order valence-corrected chi connectivity index (χ4v) is 3.39. The third-order valence-electron chi connectivity index (χ3n) is 4.99. The largest absolute Gasteiger partial charge is 0.350 e. The minimum atomic E-state index is -0.660. The maximum Gasteiger partial charge on any atom is 0.251 e. The Bertz CT molecular complexity index is 971. The van der Waals surface area contributed by atoms with Crippen molar-refractivity contribution in [2.24, 2.45) is 0 Å². The van der Waals surface area contributed by atoms with Gasteiger partial charge in [-0.1, -0.05) is 72.8 Å². The number of rotatable bonds is 9. The molecule has 0 saturated carbocycles. The first-order valence-corrected chi connectivity index (χ1v) is 10.6. The molecule has 0 aliphatic rings. The van der Waals surface area contributed by atoms with Crippen LogP contribution >= 0.6 is 0 Å². The Morgan fingerprint density at radius 3 is 1.97 bits per heavy atom. The molecule has 0 heterocycles. The lowest BCUT2D eigenvalue weighted by Gasteiger charge is -2.19. The molecule has 3 aromatic rings. The molecule has 0 spiro atoms. The molecule has 5 heteroatoms. The first kappa shape index (κ1) is 22.2. The Morgan fingerprint density at radius 2 is 1.35 bits per heavy atom. The predicted octanol–water partition coefficient (Wildman–Crippen LogP) is 1.99. The number of hydrogen-bond donors (Lipinski definition) is 3. The summed E-state index contributed by atoms with van der Waals surface area (Å²) in [5.74, 6) is -0.456. The van der Waals surface area contributed by atoms with Crippen molar-refractivity contribution in [3.8, 4) is 0 Å². The lowest BCUT2D eigenvalue weighted by atomic mass is 10.0. The van der Waals surface area contributed by atoms with Crippen molar-refractivity contribution < 1.29 is 14.5 Å². The average molecular weight is 417 g/mol. The summed E-state index contributed by atoms with van der Waals surface area (Å²) < 4.78 is 0. The lowest BCUT2D eigenvalue weighted by Crippen LogP contribution is -3.04. The Kier molecular flexibility index (Phi) is 7.96. The molecule has 2 amide bonds. The van der Waals surface area contributed by atoms with E-state index < -0.39 is 6.04 Å². The van der Waals surface area contributed by atoms with E-state index in [0.29, 0.717) is 18.5 Å². The summed E-state index contributed by atoms with van der Waals surface area (Å²) in [4.78, 5) is 27.0. The zero-order chi connectivity index (χ0) is 22.1. The van der Waals surface area contributed by atoms with Crippen molar-refractivity contribution in [2.75, 3.05) is 14.1 Å². The van der Waals surface area contributed by atoms with Crippen molar-refractivity contribution in [2.45, 2.75) is 25.6 Å². The number of benzene rings is 3. The van der Waals surface area contributed by atoms with Crippen LogP contribution in [0.5, 0.6) is 0 Å². The van der Waals surface area contributed by atoms with E-state index in [4.69, 9.17) is 0 Å². The van der Waals surface area contributed by atoms with Crippen LogP contribution in [0.1, 0.15) is 27.0 Å². The molecule has 0 bridgehead atoms. The molecular weight excluding hydrogens is 386 g/mol. The first-order valence-electron chi connectivity index (χ1n) is 10.6. The summed E-state index contributed by atoms with van der Waals surface area (Å²) in [7, 11) is 4.23. The zero-order valence-electron chi connectivity index (χ0n) is 18.1. The van der Waals surface area contributed by atoms with Gasteiger partial charge in [0.1, 0.15) is 12.6 Å². The first-order chi connectivity index (χ1) is 15.0. The van der Waals surface area contributed by atoms with Gasteiger partial charge in [0.15, 0.2) is 0 Å². The summed E-state index contributed by atoms with van der Waals surface area (Å²) in [5.41, 5.74) is 3.81. The third-order valence-corrected chi connectivity index (χ3v) is 4.99. The number of carbonyl (C=O) groups is 2. The van der Waals surface area contributed by atoms with Gasteiger partial charge >= 0.3 is 0 Å². The summed E-state index contributed by atoms with van der Waals surface area (Å²) in [6, 6.07) is 26.3. The summed E-state index contributed by atoms with van der Waals surface area (Å²) in [5, 5.41) is 5.87. The van der Waals surface area contributed by atoms with Crippen molar-refractivity contribution in [1.29, 1.82) is 0 Å². The zero-order valence-corrected chi connectivity index (χ0v) is 18.1. The van der Waals surface area contributed by atoms with Gasteiger partial charge in [0.25, 0.3) is 5.91 Å². The average Bonchev–Trinajstić information content (AvgIpc) is 2.79. The smallest absolute Gasteiger partial charge is 0.251 e. The van der Waals surface area contributed by atoms with E-state index in [1.54, 1.807) is 12.1 Å². The minimum Gasteiger partial charge on any atom is -0.350 e. The molecule has 3 N–H and O–H groups in total. The maximum absolute atomic E-state index is 13.0. The summed E-state index contributed by atoms with van der Waals surface area (Å²) >= 11 is 0. The van der Waals surface area contributed by atoms with Gasteiger partial charge in [0.05, 0.1) is 14.1 Å². The van der Waals surface area contributed by atoms with Crippen molar-refractivity contribution in [1.82, 2.24) is 10.6 Å². The highest BCUT2D eigenvalue weighted by Crippen LogP contribution is 2.07. The second kappa shape index (κ2) is 11.1. The van der Waals surface area contributed by atoms with Crippen LogP contribution in [0.2, 0.25) is 0 Å². The SMILES string of the molecule is C[NH+](C)Cc1ccc(CNC(=O)[C@@H](Cc2ccccc2)NC(=O)c2ccccc2)cc1. The molecule has 0 radical (unpaired) electrons. The lowest BCUT2D eigenvalue weighted by molar-refractivity contribution is -0.872. The second-order valence-electron chi connectivity index (χ2n) is 8.00. The number of amides is 2. The molecule has 0 aliphatic carbocycles. The minimum absolute atomic E-state index is 0.199. The molecule has 31 heavy (non-hydrogen) atoms. The van der Waals surface area contributed by atoms with Gasteiger partial charge in [-0.15, -0.1) is 0 Å². The van der Waals surface area contributed by atoms with Gasteiger partial charge < -0.3 is 15.5 Å². The van der Waals surface area contributed by atoms with Crippen LogP contribution in [0.15, 0.2) is 84.9 Å². The molecule has 0 aromatic heterocycles. The van der Waals surface area contributed by atoms with Gasteiger partial charge in [-0.3, -0.25) is 9.59 Å². The van der Waals surface area contributed by atoms with Crippen LogP contribution in [0, 0.1) is 0 Å². The fourth-order valence-electron chi connectivity index (χ4n) is 3.39. The van der Waals surface area contributed by atoms with Crippen LogP contribution < -0.4 is 15.5 Å². The van der Waals surface area contributed by atoms with E-state index in [-0.39, 0.29) is 11.8 Å². The number of quaternary nitrogens is 1. The van der Waals surface area contributed by atoms with Crippen LogP contribution in [-0.2, 0) is 24.3 Å². The molecule has 3 aromatic carbocycles. The molecule has 0 fully saturated rings. The Hall–Kier alpha value is -3.44. The summed E-state index contributed by atoms with van der Waals surface area (Å²) in [6.45, 7) is 1.37. The number of hydrogen-bond acceptors (Lipinski definition) is 2. The van der Waals surface area contributed by atoms with Crippen LogP contribution in [0.4, 0.5) is 0 Å². The van der Waals surface area contributed by atoms with Crippen LogP contribution in [0.3, 0.4) is 0 Å². The van der Waals surface area contributed by atoms with E-state index in [2.05, 4.69) is 36.9 Å². The number of carbonyl (C=O) groups excluding carboxylic acids is 2. The van der Waals surface area contributed by atoms with Gasteiger partial charge in [-0.2, -0.15) is 0 Å². The van der Waals surface area contributed by atoms with E-state index in [1.165, 1.54) is 10.5 Å². The second-order valence-corrected chi connectivity index (χ2v) is 8.00. The molecular formula is C26H30N3O2+. The van der Waals surface area contributed by atoms with E-state index in [1.807, 2.05) is 60.7 Å². The van der Waals surface area contributed by atoms with Gasteiger partial charge in [0, 0.05) is 24.1 Å². The maximum atomic E-state index is 13.0. The quantitative estimate of drug-likeness (QED) is 0.500. The highest BCUT2D eigenvalue weighted by molar-refractivity contribution is 5.97. The normalized spacial score (nSPS) is 11.7. The molecule has 3 rings (SSSR count). The van der Waals surface area contributed by atoms with Gasteiger partial charge in [0.2, 0.25) is 5.91 Å².